The number of carbonyl (C=O) groups excluding carboxylic acids is 1. The van der Waals surface area contributed by atoms with Crippen molar-refractivity contribution < 1.29 is 22.5 Å². The van der Waals surface area contributed by atoms with E-state index in [9.17, 15) is 18.0 Å². The number of carbonyl (C=O) groups is 1. The Kier molecular flexibility index (Phi) is 5.90. The van der Waals surface area contributed by atoms with Gasteiger partial charge in [-0.3, -0.25) is 0 Å². The summed E-state index contributed by atoms with van der Waals surface area (Å²) in [7, 11) is 0. The van der Waals surface area contributed by atoms with Gasteiger partial charge in [0, 0.05) is 31.2 Å². The fourth-order valence-corrected chi connectivity index (χ4v) is 3.85. The molecule has 1 aliphatic rings. The average molecular weight is 448 g/mol. The molecule has 0 bridgehead atoms. The largest absolute Gasteiger partial charge is 0.433 e. The second kappa shape index (κ2) is 8.64. The number of piperidine rings is 1. The minimum absolute atomic E-state index is 0.268. The van der Waals surface area contributed by atoms with E-state index >= 15 is 0 Å². The third kappa shape index (κ3) is 4.61. The molecule has 0 aromatic carbocycles. The number of rotatable bonds is 4. The molecule has 2 N–H and O–H groups in total. The number of halogens is 3. The van der Waals surface area contributed by atoms with E-state index in [1.807, 2.05) is 0 Å². The van der Waals surface area contributed by atoms with Crippen LogP contribution in [0, 0.1) is 19.8 Å². The van der Waals surface area contributed by atoms with Crippen molar-refractivity contribution in [2.75, 3.05) is 29.9 Å². The van der Waals surface area contributed by atoms with Crippen LogP contribution < -0.4 is 15.5 Å². The number of anilines is 2. The lowest BCUT2D eigenvalue weighted by Crippen LogP contribution is -2.40. The fourth-order valence-electron chi connectivity index (χ4n) is 3.85. The molecule has 0 saturated carbocycles. The minimum Gasteiger partial charge on any atom is -0.359 e. The number of nitrogens with one attached hydrogen (secondary N) is 2. The number of nitrogens with zero attached hydrogens (tertiary/aromatic N) is 4. The summed E-state index contributed by atoms with van der Waals surface area (Å²) in [6.45, 7) is 5.37. The standard InChI is InChI=1S/C21H23F3N6O2/c1-12-18(13(2)32-29-12)28-20(31)26-11-14-6-9-30(10-7-14)19-15-3-4-17(21(22,23)24)27-16(15)5-8-25-19/h3-5,8,14H,6-7,9-11H2,1-2H3,(H2,26,28,31). The number of alkyl halides is 3. The number of aromatic nitrogens is 3. The van der Waals surface area contributed by atoms with Gasteiger partial charge in [0.1, 0.15) is 22.9 Å². The minimum atomic E-state index is -4.49. The van der Waals surface area contributed by atoms with Crippen LogP contribution in [0.1, 0.15) is 30.0 Å². The van der Waals surface area contributed by atoms with Gasteiger partial charge in [0.2, 0.25) is 0 Å². The summed E-state index contributed by atoms with van der Waals surface area (Å²) < 4.78 is 43.9. The number of amides is 2. The molecule has 4 rings (SSSR count). The van der Waals surface area contributed by atoms with Crippen molar-refractivity contribution in [3.05, 3.63) is 41.5 Å². The summed E-state index contributed by atoms with van der Waals surface area (Å²) >= 11 is 0. The molecule has 1 aliphatic heterocycles. The highest BCUT2D eigenvalue weighted by molar-refractivity contribution is 5.90. The molecule has 1 fully saturated rings. The molecule has 11 heteroatoms. The highest BCUT2D eigenvalue weighted by Gasteiger charge is 2.33. The van der Waals surface area contributed by atoms with Gasteiger partial charge < -0.3 is 20.1 Å². The van der Waals surface area contributed by atoms with E-state index in [-0.39, 0.29) is 17.5 Å². The highest BCUT2D eigenvalue weighted by atomic mass is 19.4. The quantitative estimate of drug-likeness (QED) is 0.618. The van der Waals surface area contributed by atoms with Crippen LogP contribution in [0.15, 0.2) is 28.9 Å². The van der Waals surface area contributed by atoms with E-state index in [1.165, 1.54) is 18.3 Å². The molecule has 3 aromatic heterocycles. The molecule has 3 aromatic rings. The summed E-state index contributed by atoms with van der Waals surface area (Å²) in [6, 6.07) is 3.59. The zero-order valence-corrected chi connectivity index (χ0v) is 17.7. The molecular weight excluding hydrogens is 425 g/mol. The van der Waals surface area contributed by atoms with Gasteiger partial charge in [-0.05, 0) is 50.8 Å². The van der Waals surface area contributed by atoms with Crippen molar-refractivity contribution in [2.45, 2.75) is 32.9 Å². The van der Waals surface area contributed by atoms with Gasteiger partial charge in [-0.1, -0.05) is 5.16 Å². The van der Waals surface area contributed by atoms with Crippen molar-refractivity contribution in [3.63, 3.8) is 0 Å². The fraction of sp³-hybridized carbons (Fsp3) is 0.429. The number of urea groups is 1. The van der Waals surface area contributed by atoms with Gasteiger partial charge in [0.05, 0.1) is 5.52 Å². The molecule has 8 nitrogen and oxygen atoms in total. The number of aryl methyl sites for hydroxylation is 2. The molecule has 0 atom stereocenters. The van der Waals surface area contributed by atoms with E-state index in [2.05, 4.69) is 30.7 Å². The van der Waals surface area contributed by atoms with Crippen LogP contribution in [-0.4, -0.2) is 40.8 Å². The van der Waals surface area contributed by atoms with Gasteiger partial charge in [0.25, 0.3) is 0 Å². The van der Waals surface area contributed by atoms with Crippen molar-refractivity contribution in [1.29, 1.82) is 0 Å². The van der Waals surface area contributed by atoms with Crippen molar-refractivity contribution in [2.24, 2.45) is 5.92 Å². The van der Waals surface area contributed by atoms with Crippen LogP contribution in [0.5, 0.6) is 0 Å². The van der Waals surface area contributed by atoms with Gasteiger partial charge in [-0.25, -0.2) is 14.8 Å². The van der Waals surface area contributed by atoms with Gasteiger partial charge in [-0.15, -0.1) is 0 Å². The maximum atomic E-state index is 13.0. The first kappa shape index (κ1) is 21.8. The molecule has 170 valence electrons. The monoisotopic (exact) mass is 448 g/mol. The topological polar surface area (TPSA) is 96.2 Å². The van der Waals surface area contributed by atoms with E-state index in [1.54, 1.807) is 13.8 Å². The Hall–Kier alpha value is -3.37. The van der Waals surface area contributed by atoms with Crippen LogP contribution >= 0.6 is 0 Å². The third-order valence-corrected chi connectivity index (χ3v) is 5.62. The first-order valence-electron chi connectivity index (χ1n) is 10.3. The molecular formula is C21H23F3N6O2. The third-order valence-electron chi connectivity index (χ3n) is 5.62. The predicted molar refractivity (Wildman–Crippen MR) is 112 cm³/mol. The second-order valence-electron chi connectivity index (χ2n) is 7.86. The Morgan fingerprint density at radius 1 is 1.22 bits per heavy atom. The summed E-state index contributed by atoms with van der Waals surface area (Å²) in [5.74, 6) is 1.46. The lowest BCUT2D eigenvalue weighted by atomic mass is 9.96. The summed E-state index contributed by atoms with van der Waals surface area (Å²) in [5.41, 5.74) is 0.540. The van der Waals surface area contributed by atoms with Crippen LogP contribution in [0.25, 0.3) is 10.9 Å². The summed E-state index contributed by atoms with van der Waals surface area (Å²) in [6.07, 6.45) is -1.37. The van der Waals surface area contributed by atoms with Crippen molar-refractivity contribution in [1.82, 2.24) is 20.4 Å². The lowest BCUT2D eigenvalue weighted by molar-refractivity contribution is -0.140. The second-order valence-corrected chi connectivity index (χ2v) is 7.86. The Morgan fingerprint density at radius 2 is 1.97 bits per heavy atom. The Labute approximate surface area is 182 Å². The smallest absolute Gasteiger partial charge is 0.359 e. The van der Waals surface area contributed by atoms with Gasteiger partial charge >= 0.3 is 12.2 Å². The number of fused-ring (bicyclic) bond motifs is 1. The van der Waals surface area contributed by atoms with Crippen molar-refractivity contribution in [3.8, 4) is 0 Å². The van der Waals surface area contributed by atoms with Crippen LogP contribution in [0.2, 0.25) is 0 Å². The predicted octanol–water partition coefficient (Wildman–Crippen LogP) is 4.29. The normalized spacial score (nSPS) is 15.2. The average Bonchev–Trinajstić information content (AvgIpc) is 3.08. The first-order chi connectivity index (χ1) is 15.2. The van der Waals surface area contributed by atoms with E-state index in [0.29, 0.717) is 48.0 Å². The molecule has 0 unspecified atom stereocenters. The summed E-state index contributed by atoms with van der Waals surface area (Å²) in [5, 5.41) is 10.0. The highest BCUT2D eigenvalue weighted by Crippen LogP contribution is 2.32. The van der Waals surface area contributed by atoms with Crippen LogP contribution in [-0.2, 0) is 6.18 Å². The van der Waals surface area contributed by atoms with E-state index in [4.69, 9.17) is 4.52 Å². The van der Waals surface area contributed by atoms with E-state index < -0.39 is 11.9 Å². The molecule has 0 radical (unpaired) electrons. The molecule has 0 spiro atoms. The SMILES string of the molecule is Cc1noc(C)c1NC(=O)NCC1CCN(c2nccc3nc(C(F)(F)F)ccc23)CC1. The molecule has 1 saturated heterocycles. The Morgan fingerprint density at radius 3 is 2.62 bits per heavy atom. The van der Waals surface area contributed by atoms with Crippen LogP contribution in [0.4, 0.5) is 29.5 Å². The lowest BCUT2D eigenvalue weighted by Gasteiger charge is -2.33. The van der Waals surface area contributed by atoms with Gasteiger partial charge in [-0.2, -0.15) is 13.2 Å². The van der Waals surface area contributed by atoms with Crippen LogP contribution in [0.3, 0.4) is 0 Å². The Bertz CT molecular complexity index is 1100. The maximum absolute atomic E-state index is 13.0. The van der Waals surface area contributed by atoms with Crippen molar-refractivity contribution >= 4 is 28.4 Å². The zero-order valence-electron chi connectivity index (χ0n) is 17.7. The molecule has 4 heterocycles. The number of hydrogen-bond donors (Lipinski definition) is 2. The molecule has 2 amide bonds. The summed E-state index contributed by atoms with van der Waals surface area (Å²) in [4.78, 5) is 22.4. The molecule has 32 heavy (non-hydrogen) atoms. The molecule has 0 aliphatic carbocycles. The maximum Gasteiger partial charge on any atom is 0.433 e. The first-order valence-corrected chi connectivity index (χ1v) is 10.3. The van der Waals surface area contributed by atoms with Gasteiger partial charge in [0.15, 0.2) is 5.76 Å². The number of pyridine rings is 2. The number of hydrogen-bond acceptors (Lipinski definition) is 6. The Balaban J connectivity index is 1.34. The zero-order chi connectivity index (χ0) is 22.9. The van der Waals surface area contributed by atoms with E-state index in [0.717, 1.165) is 18.9 Å².